The van der Waals surface area contributed by atoms with Crippen LogP contribution in [0.2, 0.25) is 0 Å². The lowest BCUT2D eigenvalue weighted by Gasteiger charge is -2.17. The molecule has 128 valence electrons. The van der Waals surface area contributed by atoms with E-state index in [1.54, 1.807) is 18.4 Å². The number of benzene rings is 1. The molecule has 6 heteroatoms. The first-order valence-electron chi connectivity index (χ1n) is 8.29. The molecular formula is C18H23N3O2S. The molecule has 2 aromatic rings. The number of urea groups is 1. The third kappa shape index (κ3) is 3.38. The van der Waals surface area contributed by atoms with Gasteiger partial charge in [-0.15, -0.1) is 11.3 Å². The molecule has 0 radical (unpaired) electrons. The Kier molecular flexibility index (Phi) is 5.04. The number of hydrogen-bond acceptors (Lipinski definition) is 4. The second kappa shape index (κ2) is 7.21. The van der Waals surface area contributed by atoms with Crippen LogP contribution >= 0.6 is 11.3 Å². The van der Waals surface area contributed by atoms with E-state index in [0.717, 1.165) is 35.6 Å². The quantitative estimate of drug-likeness (QED) is 0.867. The van der Waals surface area contributed by atoms with Crippen molar-refractivity contribution in [3.63, 3.8) is 0 Å². The summed E-state index contributed by atoms with van der Waals surface area (Å²) in [6, 6.07) is 5.78. The molecule has 3 rings (SSSR count). The summed E-state index contributed by atoms with van der Waals surface area (Å²) in [6.45, 7) is 4.07. The fourth-order valence-electron chi connectivity index (χ4n) is 3.11. The Labute approximate surface area is 146 Å². The highest BCUT2D eigenvalue weighted by Crippen LogP contribution is 2.36. The number of hydrogen-bond donors (Lipinski definition) is 2. The van der Waals surface area contributed by atoms with Gasteiger partial charge in [0.1, 0.15) is 10.8 Å². The van der Waals surface area contributed by atoms with E-state index < -0.39 is 0 Å². The Morgan fingerprint density at radius 1 is 1.50 bits per heavy atom. The topological polar surface area (TPSA) is 63.2 Å². The molecule has 1 aliphatic carbocycles. The summed E-state index contributed by atoms with van der Waals surface area (Å²) in [7, 11) is 1.68. The van der Waals surface area contributed by atoms with Crippen molar-refractivity contribution in [1.82, 2.24) is 15.6 Å². The fourth-order valence-corrected chi connectivity index (χ4v) is 3.97. The smallest absolute Gasteiger partial charge is 0.315 e. The molecule has 0 saturated heterocycles. The van der Waals surface area contributed by atoms with E-state index in [1.807, 2.05) is 25.3 Å². The highest BCUT2D eigenvalue weighted by atomic mass is 32.1. The number of carbonyl (C=O) groups is 1. The predicted octanol–water partition coefficient (Wildman–Crippen LogP) is 3.76. The van der Waals surface area contributed by atoms with Crippen molar-refractivity contribution >= 4 is 17.4 Å². The van der Waals surface area contributed by atoms with Crippen LogP contribution in [0, 0.1) is 0 Å². The van der Waals surface area contributed by atoms with Crippen molar-refractivity contribution in [3.05, 3.63) is 45.4 Å². The average molecular weight is 345 g/mol. The van der Waals surface area contributed by atoms with Gasteiger partial charge in [0.05, 0.1) is 19.2 Å². The van der Waals surface area contributed by atoms with Crippen molar-refractivity contribution in [2.24, 2.45) is 0 Å². The summed E-state index contributed by atoms with van der Waals surface area (Å²) in [5.41, 5.74) is 2.35. The second-order valence-corrected chi connectivity index (χ2v) is 7.12. The third-order valence-electron chi connectivity index (χ3n) is 4.39. The number of aromatic nitrogens is 1. The molecule has 1 aromatic carbocycles. The minimum Gasteiger partial charge on any atom is -0.496 e. The molecule has 0 fully saturated rings. The van der Waals surface area contributed by atoms with E-state index in [-0.39, 0.29) is 18.1 Å². The van der Waals surface area contributed by atoms with Gasteiger partial charge in [0, 0.05) is 11.1 Å². The third-order valence-corrected chi connectivity index (χ3v) is 5.72. The molecule has 0 bridgehead atoms. The molecule has 2 N–H and O–H groups in total. The van der Waals surface area contributed by atoms with E-state index >= 15 is 0 Å². The molecule has 1 heterocycles. The van der Waals surface area contributed by atoms with Crippen molar-refractivity contribution in [2.75, 3.05) is 7.11 Å². The molecule has 2 atom stereocenters. The first-order valence-corrected chi connectivity index (χ1v) is 9.11. The first kappa shape index (κ1) is 16.8. The molecule has 0 spiro atoms. The normalized spacial score (nSPS) is 17.2. The number of rotatable bonds is 5. The van der Waals surface area contributed by atoms with Crippen molar-refractivity contribution in [3.8, 4) is 5.75 Å². The maximum absolute atomic E-state index is 12.3. The summed E-state index contributed by atoms with van der Waals surface area (Å²) in [5.74, 6) is 0.903. The zero-order chi connectivity index (χ0) is 17.1. The number of nitrogens with zero attached hydrogens (tertiary/aromatic N) is 1. The van der Waals surface area contributed by atoms with Crippen LogP contribution in [0.25, 0.3) is 0 Å². The number of ether oxygens (including phenoxy) is 1. The lowest BCUT2D eigenvalue weighted by atomic mass is 10.1. The zero-order valence-corrected chi connectivity index (χ0v) is 15.1. The van der Waals surface area contributed by atoms with Gasteiger partial charge in [-0.2, -0.15) is 0 Å². The van der Waals surface area contributed by atoms with Crippen LogP contribution < -0.4 is 15.4 Å². The summed E-state index contributed by atoms with van der Waals surface area (Å²) in [6.07, 6.45) is 4.67. The number of carbonyl (C=O) groups excluding carboxylic acids is 1. The first-order chi connectivity index (χ1) is 11.6. The van der Waals surface area contributed by atoms with Gasteiger partial charge in [0.2, 0.25) is 0 Å². The molecular weight excluding hydrogens is 322 g/mol. The van der Waals surface area contributed by atoms with E-state index in [0.29, 0.717) is 0 Å². The molecule has 1 aromatic heterocycles. The number of thiazole rings is 1. The van der Waals surface area contributed by atoms with E-state index in [4.69, 9.17) is 4.74 Å². The van der Waals surface area contributed by atoms with Gasteiger partial charge in [-0.1, -0.05) is 19.1 Å². The number of fused-ring (bicyclic) bond motifs is 1. The standard InChI is InChI=1S/C18H23N3O2S/c1-4-12-10-19-17(24-12)11(2)20-18(22)21-15-9-8-14-13(15)6-5-7-16(14)23-3/h5-7,10-11,15H,4,8-9H2,1-3H3,(H2,20,21,22). The Balaban J connectivity index is 1.62. The average Bonchev–Trinajstić information content (AvgIpc) is 3.22. The highest BCUT2D eigenvalue weighted by Gasteiger charge is 2.26. The second-order valence-electron chi connectivity index (χ2n) is 5.98. The van der Waals surface area contributed by atoms with Crippen LogP contribution in [-0.4, -0.2) is 18.1 Å². The van der Waals surface area contributed by atoms with Gasteiger partial charge >= 0.3 is 6.03 Å². The monoisotopic (exact) mass is 345 g/mol. The van der Waals surface area contributed by atoms with Gasteiger partial charge in [0.25, 0.3) is 0 Å². The van der Waals surface area contributed by atoms with Crippen LogP contribution in [-0.2, 0) is 12.8 Å². The number of methoxy groups -OCH3 is 1. The van der Waals surface area contributed by atoms with E-state index in [9.17, 15) is 4.79 Å². The summed E-state index contributed by atoms with van der Waals surface area (Å²) < 4.78 is 5.41. The molecule has 24 heavy (non-hydrogen) atoms. The van der Waals surface area contributed by atoms with Gasteiger partial charge in [0.15, 0.2) is 0 Å². The highest BCUT2D eigenvalue weighted by molar-refractivity contribution is 7.11. The predicted molar refractivity (Wildman–Crippen MR) is 95.6 cm³/mol. The van der Waals surface area contributed by atoms with Gasteiger partial charge < -0.3 is 15.4 Å². The Morgan fingerprint density at radius 3 is 3.04 bits per heavy atom. The van der Waals surface area contributed by atoms with Gasteiger partial charge in [-0.3, -0.25) is 0 Å². The number of aryl methyl sites for hydroxylation is 1. The fraction of sp³-hybridized carbons (Fsp3) is 0.444. The summed E-state index contributed by atoms with van der Waals surface area (Å²) >= 11 is 1.65. The van der Waals surface area contributed by atoms with E-state index in [2.05, 4.69) is 28.6 Å². The van der Waals surface area contributed by atoms with Crippen molar-refractivity contribution in [2.45, 2.75) is 45.2 Å². The Morgan fingerprint density at radius 2 is 2.33 bits per heavy atom. The SMILES string of the molecule is CCc1cnc(C(C)NC(=O)NC2CCc3c(OC)cccc32)s1. The summed E-state index contributed by atoms with van der Waals surface area (Å²) in [4.78, 5) is 18.0. The molecule has 5 nitrogen and oxygen atoms in total. The Bertz CT molecular complexity index is 729. The largest absolute Gasteiger partial charge is 0.496 e. The minimum absolute atomic E-state index is 0.0322. The number of nitrogens with one attached hydrogen (secondary N) is 2. The van der Waals surface area contributed by atoms with Crippen molar-refractivity contribution in [1.29, 1.82) is 0 Å². The van der Waals surface area contributed by atoms with Gasteiger partial charge in [-0.25, -0.2) is 9.78 Å². The van der Waals surface area contributed by atoms with Gasteiger partial charge in [-0.05, 0) is 43.4 Å². The molecule has 0 saturated carbocycles. The molecule has 2 unspecified atom stereocenters. The summed E-state index contributed by atoms with van der Waals surface area (Å²) in [5, 5.41) is 7.01. The van der Waals surface area contributed by atoms with Crippen molar-refractivity contribution < 1.29 is 9.53 Å². The van der Waals surface area contributed by atoms with Crippen LogP contribution in [0.3, 0.4) is 0 Å². The van der Waals surface area contributed by atoms with Crippen LogP contribution in [0.5, 0.6) is 5.75 Å². The number of amides is 2. The van der Waals surface area contributed by atoms with E-state index in [1.165, 1.54) is 10.4 Å². The molecule has 2 amide bonds. The maximum atomic E-state index is 12.3. The zero-order valence-electron chi connectivity index (χ0n) is 14.3. The lowest BCUT2D eigenvalue weighted by Crippen LogP contribution is -2.38. The van der Waals surface area contributed by atoms with Crippen LogP contribution in [0.4, 0.5) is 4.79 Å². The maximum Gasteiger partial charge on any atom is 0.315 e. The van der Waals surface area contributed by atoms with Crippen LogP contribution in [0.15, 0.2) is 24.4 Å². The Hall–Kier alpha value is -2.08. The van der Waals surface area contributed by atoms with Crippen LogP contribution in [0.1, 0.15) is 53.4 Å². The molecule has 1 aliphatic rings. The minimum atomic E-state index is -0.156. The lowest BCUT2D eigenvalue weighted by molar-refractivity contribution is 0.234. The molecule has 0 aliphatic heterocycles.